The first kappa shape index (κ1) is 18.7. The van der Waals surface area contributed by atoms with E-state index in [0.29, 0.717) is 11.6 Å². The van der Waals surface area contributed by atoms with Gasteiger partial charge in [-0.2, -0.15) is 4.98 Å². The molecule has 0 fully saturated rings. The van der Waals surface area contributed by atoms with E-state index in [4.69, 9.17) is 11.6 Å². The molecule has 0 spiro atoms. The Balaban J connectivity index is 1.58. The Kier molecular flexibility index (Phi) is 6.22. The lowest BCUT2D eigenvalue weighted by Crippen LogP contribution is -2.08. The van der Waals surface area contributed by atoms with Gasteiger partial charge in [0, 0.05) is 36.1 Å². The van der Waals surface area contributed by atoms with E-state index < -0.39 is 0 Å². The van der Waals surface area contributed by atoms with Gasteiger partial charge in [0.25, 0.3) is 0 Å². The summed E-state index contributed by atoms with van der Waals surface area (Å²) in [5.74, 6) is 1.10. The fourth-order valence-electron chi connectivity index (χ4n) is 2.51. The molecule has 1 aromatic heterocycles. The second-order valence-electron chi connectivity index (χ2n) is 5.96. The predicted octanol–water partition coefficient (Wildman–Crippen LogP) is 4.49. The van der Waals surface area contributed by atoms with E-state index in [-0.39, 0.29) is 5.91 Å². The maximum absolute atomic E-state index is 11.2. The third kappa shape index (κ3) is 5.97. The van der Waals surface area contributed by atoms with Gasteiger partial charge in [0.05, 0.1) is 0 Å². The monoisotopic (exact) mass is 381 g/mol. The van der Waals surface area contributed by atoms with Gasteiger partial charge in [-0.15, -0.1) is 0 Å². The number of anilines is 4. The summed E-state index contributed by atoms with van der Waals surface area (Å²) in [5.41, 5.74) is 2.71. The Hall–Kier alpha value is -3.12. The van der Waals surface area contributed by atoms with Crippen molar-refractivity contribution in [2.45, 2.75) is 13.3 Å². The van der Waals surface area contributed by atoms with E-state index in [1.165, 1.54) is 12.5 Å². The highest BCUT2D eigenvalue weighted by atomic mass is 35.5. The van der Waals surface area contributed by atoms with Gasteiger partial charge in [-0.3, -0.25) is 4.79 Å². The Morgan fingerprint density at radius 2 is 1.85 bits per heavy atom. The Bertz CT molecular complexity index is 914. The van der Waals surface area contributed by atoms with Crippen LogP contribution in [0.3, 0.4) is 0 Å². The Labute approximate surface area is 163 Å². The molecule has 2 aromatic carbocycles. The summed E-state index contributed by atoms with van der Waals surface area (Å²) in [6, 6.07) is 17.0. The summed E-state index contributed by atoms with van der Waals surface area (Å²) >= 11 is 5.90. The number of carbonyl (C=O) groups excluding carboxylic acids is 1. The molecule has 0 aliphatic heterocycles. The first-order valence-electron chi connectivity index (χ1n) is 8.54. The maximum Gasteiger partial charge on any atom is 0.229 e. The van der Waals surface area contributed by atoms with Crippen molar-refractivity contribution < 1.29 is 4.79 Å². The van der Waals surface area contributed by atoms with E-state index in [0.717, 1.165) is 29.5 Å². The number of nitrogens with one attached hydrogen (secondary N) is 3. The molecule has 6 nitrogen and oxygen atoms in total. The van der Waals surface area contributed by atoms with Gasteiger partial charge in [-0.1, -0.05) is 29.8 Å². The van der Waals surface area contributed by atoms with E-state index in [2.05, 4.69) is 25.9 Å². The van der Waals surface area contributed by atoms with E-state index in [9.17, 15) is 4.79 Å². The van der Waals surface area contributed by atoms with Crippen molar-refractivity contribution in [3.8, 4) is 0 Å². The zero-order valence-electron chi connectivity index (χ0n) is 14.9. The molecule has 0 saturated carbocycles. The number of halogens is 1. The highest BCUT2D eigenvalue weighted by molar-refractivity contribution is 6.30. The van der Waals surface area contributed by atoms with E-state index >= 15 is 0 Å². The van der Waals surface area contributed by atoms with Crippen molar-refractivity contribution in [3.63, 3.8) is 0 Å². The van der Waals surface area contributed by atoms with Gasteiger partial charge in [-0.25, -0.2) is 4.98 Å². The minimum atomic E-state index is -0.115. The fraction of sp³-hybridized carbons (Fsp3) is 0.150. The van der Waals surface area contributed by atoms with Crippen LogP contribution in [0.4, 0.5) is 23.1 Å². The Morgan fingerprint density at radius 3 is 2.63 bits per heavy atom. The maximum atomic E-state index is 11.2. The van der Waals surface area contributed by atoms with Crippen LogP contribution in [0.1, 0.15) is 12.5 Å². The lowest BCUT2D eigenvalue weighted by Gasteiger charge is -2.10. The van der Waals surface area contributed by atoms with Crippen LogP contribution < -0.4 is 16.0 Å². The van der Waals surface area contributed by atoms with Crippen molar-refractivity contribution in [2.75, 3.05) is 22.5 Å². The summed E-state index contributed by atoms with van der Waals surface area (Å²) in [6.45, 7) is 2.22. The highest BCUT2D eigenvalue weighted by Gasteiger charge is 2.02. The molecule has 0 radical (unpaired) electrons. The quantitative estimate of drug-likeness (QED) is 0.562. The topological polar surface area (TPSA) is 78.9 Å². The van der Waals surface area contributed by atoms with Crippen molar-refractivity contribution in [1.29, 1.82) is 0 Å². The van der Waals surface area contributed by atoms with Crippen LogP contribution in [-0.4, -0.2) is 22.4 Å². The summed E-state index contributed by atoms with van der Waals surface area (Å²) in [6.07, 6.45) is 2.56. The van der Waals surface area contributed by atoms with Crippen LogP contribution in [0.15, 0.2) is 60.8 Å². The molecule has 0 unspecified atom stereocenters. The summed E-state index contributed by atoms with van der Waals surface area (Å²) in [7, 11) is 0. The predicted molar refractivity (Wildman–Crippen MR) is 110 cm³/mol. The van der Waals surface area contributed by atoms with E-state index in [1.54, 1.807) is 6.20 Å². The third-order valence-electron chi connectivity index (χ3n) is 3.73. The molecular formula is C20H20ClN5O. The van der Waals surface area contributed by atoms with Crippen LogP contribution >= 0.6 is 11.6 Å². The largest absolute Gasteiger partial charge is 0.370 e. The second-order valence-corrected chi connectivity index (χ2v) is 6.39. The first-order chi connectivity index (χ1) is 13.1. The zero-order valence-corrected chi connectivity index (χ0v) is 15.6. The summed E-state index contributed by atoms with van der Waals surface area (Å²) in [4.78, 5) is 19.9. The van der Waals surface area contributed by atoms with Crippen molar-refractivity contribution >= 4 is 40.6 Å². The molecule has 0 aliphatic rings. The molecule has 0 atom stereocenters. The highest BCUT2D eigenvalue weighted by Crippen LogP contribution is 2.19. The minimum Gasteiger partial charge on any atom is -0.370 e. The number of hydrogen-bond acceptors (Lipinski definition) is 5. The molecular weight excluding hydrogens is 362 g/mol. The first-order valence-corrected chi connectivity index (χ1v) is 8.92. The lowest BCUT2D eigenvalue weighted by atomic mass is 10.1. The molecule has 0 aliphatic carbocycles. The lowest BCUT2D eigenvalue weighted by molar-refractivity contribution is -0.114. The van der Waals surface area contributed by atoms with Gasteiger partial charge in [-0.05, 0) is 48.4 Å². The molecule has 1 heterocycles. The van der Waals surface area contributed by atoms with Gasteiger partial charge in [0.15, 0.2) is 0 Å². The number of rotatable bonds is 7. The van der Waals surface area contributed by atoms with Crippen LogP contribution in [0, 0.1) is 0 Å². The SMILES string of the molecule is CC(=O)Nc1cccc(Nc2nccc(NCCc3ccc(Cl)cc3)n2)c1. The van der Waals surface area contributed by atoms with Crippen molar-refractivity contribution in [3.05, 3.63) is 71.4 Å². The van der Waals surface area contributed by atoms with Gasteiger partial charge < -0.3 is 16.0 Å². The molecule has 3 N–H and O–H groups in total. The minimum absolute atomic E-state index is 0.115. The standard InChI is InChI=1S/C20H20ClN5O/c1-14(27)24-17-3-2-4-18(13-17)25-20-23-12-10-19(26-20)22-11-9-15-5-7-16(21)8-6-15/h2-8,10,12-13H,9,11H2,1H3,(H,24,27)(H2,22,23,25,26). The zero-order chi connectivity index (χ0) is 19.1. The number of carbonyl (C=O) groups is 1. The van der Waals surface area contributed by atoms with Crippen LogP contribution in [0.5, 0.6) is 0 Å². The number of amides is 1. The molecule has 27 heavy (non-hydrogen) atoms. The number of benzene rings is 2. The molecule has 0 saturated heterocycles. The summed E-state index contributed by atoms with van der Waals surface area (Å²) < 4.78 is 0. The van der Waals surface area contributed by atoms with Crippen LogP contribution in [0.25, 0.3) is 0 Å². The molecule has 3 rings (SSSR count). The molecule has 138 valence electrons. The Morgan fingerprint density at radius 1 is 1.07 bits per heavy atom. The van der Waals surface area contributed by atoms with Crippen molar-refractivity contribution in [1.82, 2.24) is 9.97 Å². The molecule has 3 aromatic rings. The summed E-state index contributed by atoms with van der Waals surface area (Å²) in [5, 5.41) is 9.92. The van der Waals surface area contributed by atoms with Crippen LogP contribution in [-0.2, 0) is 11.2 Å². The van der Waals surface area contributed by atoms with Crippen LogP contribution in [0.2, 0.25) is 5.02 Å². The normalized spacial score (nSPS) is 10.3. The van der Waals surface area contributed by atoms with Gasteiger partial charge >= 0.3 is 0 Å². The van der Waals surface area contributed by atoms with Gasteiger partial charge in [0.2, 0.25) is 11.9 Å². The fourth-order valence-corrected chi connectivity index (χ4v) is 2.64. The van der Waals surface area contributed by atoms with Gasteiger partial charge in [0.1, 0.15) is 5.82 Å². The number of aromatic nitrogens is 2. The van der Waals surface area contributed by atoms with E-state index in [1.807, 2.05) is 54.6 Å². The average molecular weight is 382 g/mol. The molecule has 0 bridgehead atoms. The number of nitrogens with zero attached hydrogens (tertiary/aromatic N) is 2. The second kappa shape index (κ2) is 9.00. The smallest absolute Gasteiger partial charge is 0.229 e. The third-order valence-corrected chi connectivity index (χ3v) is 3.98. The number of hydrogen-bond donors (Lipinski definition) is 3. The molecule has 7 heteroatoms. The van der Waals surface area contributed by atoms with Crippen molar-refractivity contribution in [2.24, 2.45) is 0 Å². The average Bonchev–Trinajstić information content (AvgIpc) is 2.63. The molecule has 1 amide bonds.